The first-order chi connectivity index (χ1) is 12.5. The van der Waals surface area contributed by atoms with Gasteiger partial charge in [0.15, 0.2) is 5.11 Å². The van der Waals surface area contributed by atoms with Crippen LogP contribution < -0.4 is 15.8 Å². The van der Waals surface area contributed by atoms with E-state index >= 15 is 0 Å². The monoisotopic (exact) mass is 364 g/mol. The van der Waals surface area contributed by atoms with Crippen molar-refractivity contribution in [3.8, 4) is 0 Å². The molecule has 0 atom stereocenters. The number of hydrogen-bond donors (Lipinski definition) is 1. The van der Waals surface area contributed by atoms with Crippen LogP contribution in [0.2, 0.25) is 0 Å². The minimum absolute atomic E-state index is 0.338. The lowest BCUT2D eigenvalue weighted by Crippen LogP contribution is -2.38. The number of hydrogen-bond acceptors (Lipinski definition) is 3. The van der Waals surface area contributed by atoms with Crippen LogP contribution in [0.3, 0.4) is 0 Å². The molecule has 0 saturated carbocycles. The molecule has 2 aromatic carbocycles. The summed E-state index contributed by atoms with van der Waals surface area (Å²) in [5, 5.41) is 4.88. The smallest absolute Gasteiger partial charge is 0.336 e. The van der Waals surface area contributed by atoms with Crippen molar-refractivity contribution in [2.24, 2.45) is 0 Å². The summed E-state index contributed by atoms with van der Waals surface area (Å²) in [5.41, 5.74) is 5.72. The Morgan fingerprint density at radius 1 is 1.15 bits per heavy atom. The third kappa shape index (κ3) is 3.10. The molecule has 0 bridgehead atoms. The minimum atomic E-state index is -0.338. The SMILES string of the molecule is Cc1ccc2c(c1)CCCN2C(=S)Nc1ccc2c(C)cc(=O)oc2c1. The van der Waals surface area contributed by atoms with E-state index in [1.165, 1.54) is 22.9 Å². The van der Waals surface area contributed by atoms with E-state index in [0.29, 0.717) is 10.7 Å². The second-order valence-electron chi connectivity index (χ2n) is 6.78. The lowest BCUT2D eigenvalue weighted by Gasteiger charge is -2.32. The van der Waals surface area contributed by atoms with Crippen LogP contribution in [0.15, 0.2) is 51.7 Å². The van der Waals surface area contributed by atoms with E-state index in [9.17, 15) is 4.79 Å². The minimum Gasteiger partial charge on any atom is -0.423 e. The molecule has 26 heavy (non-hydrogen) atoms. The van der Waals surface area contributed by atoms with E-state index in [1.807, 2.05) is 25.1 Å². The molecule has 0 radical (unpaired) electrons. The number of thiocarbonyl (C=S) groups is 1. The Hall–Kier alpha value is -2.66. The number of anilines is 2. The second kappa shape index (κ2) is 6.57. The van der Waals surface area contributed by atoms with Crippen molar-refractivity contribution in [3.63, 3.8) is 0 Å². The fourth-order valence-electron chi connectivity index (χ4n) is 3.53. The summed E-state index contributed by atoms with van der Waals surface area (Å²) in [7, 11) is 0. The number of benzene rings is 2. The van der Waals surface area contributed by atoms with Crippen LogP contribution in [0.5, 0.6) is 0 Å². The van der Waals surface area contributed by atoms with Gasteiger partial charge in [-0.15, -0.1) is 0 Å². The number of rotatable bonds is 1. The highest BCUT2D eigenvalue weighted by atomic mass is 32.1. The van der Waals surface area contributed by atoms with Gasteiger partial charge in [-0.1, -0.05) is 17.7 Å². The van der Waals surface area contributed by atoms with Gasteiger partial charge in [-0.25, -0.2) is 4.79 Å². The molecular formula is C21H20N2O2S. The lowest BCUT2D eigenvalue weighted by molar-refractivity contribution is 0.560. The molecule has 0 spiro atoms. The fraction of sp³-hybridized carbons (Fsp3) is 0.238. The highest BCUT2D eigenvalue weighted by Gasteiger charge is 2.20. The molecule has 1 N–H and O–H groups in total. The van der Waals surface area contributed by atoms with Gasteiger partial charge in [-0.2, -0.15) is 0 Å². The van der Waals surface area contributed by atoms with E-state index in [1.54, 1.807) is 0 Å². The first kappa shape index (κ1) is 16.8. The summed E-state index contributed by atoms with van der Waals surface area (Å²) in [6.07, 6.45) is 2.15. The van der Waals surface area contributed by atoms with Crippen molar-refractivity contribution in [1.29, 1.82) is 0 Å². The molecule has 0 amide bonds. The van der Waals surface area contributed by atoms with Gasteiger partial charge >= 0.3 is 5.63 Å². The molecule has 132 valence electrons. The summed E-state index contributed by atoms with van der Waals surface area (Å²) in [6.45, 7) is 4.91. The Balaban J connectivity index is 1.63. The zero-order valence-corrected chi connectivity index (χ0v) is 15.7. The molecule has 4 rings (SSSR count). The number of aryl methyl sites for hydroxylation is 3. The third-order valence-electron chi connectivity index (χ3n) is 4.80. The van der Waals surface area contributed by atoms with Crippen LogP contribution in [0.4, 0.5) is 11.4 Å². The zero-order valence-electron chi connectivity index (χ0n) is 14.8. The molecule has 0 fully saturated rings. The second-order valence-corrected chi connectivity index (χ2v) is 7.16. The molecule has 0 unspecified atom stereocenters. The molecule has 1 aliphatic heterocycles. The van der Waals surface area contributed by atoms with E-state index < -0.39 is 0 Å². The fourth-order valence-corrected chi connectivity index (χ4v) is 3.84. The van der Waals surface area contributed by atoms with E-state index in [2.05, 4.69) is 35.3 Å². The topological polar surface area (TPSA) is 45.5 Å². The molecule has 4 nitrogen and oxygen atoms in total. The average Bonchev–Trinajstić information content (AvgIpc) is 2.60. The summed E-state index contributed by atoms with van der Waals surface area (Å²) in [5.74, 6) is 0. The van der Waals surface area contributed by atoms with Gasteiger partial charge in [0.25, 0.3) is 0 Å². The van der Waals surface area contributed by atoms with Crippen molar-refractivity contribution in [1.82, 2.24) is 0 Å². The van der Waals surface area contributed by atoms with Crippen molar-refractivity contribution in [2.45, 2.75) is 26.7 Å². The molecular weight excluding hydrogens is 344 g/mol. The standard InChI is InChI=1S/C21H20N2O2S/c1-13-5-8-18-15(10-13)4-3-9-23(18)21(26)22-16-6-7-17-14(2)11-20(24)25-19(17)12-16/h5-8,10-12H,3-4,9H2,1-2H3,(H,22,26). The maximum absolute atomic E-state index is 11.6. The highest BCUT2D eigenvalue weighted by Crippen LogP contribution is 2.29. The van der Waals surface area contributed by atoms with E-state index in [-0.39, 0.29) is 5.63 Å². The number of nitrogens with one attached hydrogen (secondary N) is 1. The predicted octanol–water partition coefficient (Wildman–Crippen LogP) is 4.56. The van der Waals surface area contributed by atoms with Crippen LogP contribution >= 0.6 is 12.2 Å². The van der Waals surface area contributed by atoms with Gasteiger partial charge in [-0.05, 0) is 68.2 Å². The normalized spacial score (nSPS) is 13.5. The molecule has 2 heterocycles. The molecule has 0 saturated heterocycles. The van der Waals surface area contributed by atoms with E-state index in [4.69, 9.17) is 16.6 Å². The number of fused-ring (bicyclic) bond motifs is 2. The van der Waals surface area contributed by atoms with Crippen LogP contribution in [0.1, 0.15) is 23.1 Å². The first-order valence-electron chi connectivity index (χ1n) is 8.74. The van der Waals surface area contributed by atoms with Crippen LogP contribution in [0, 0.1) is 13.8 Å². The van der Waals surface area contributed by atoms with Crippen molar-refractivity contribution in [3.05, 3.63) is 69.6 Å². The van der Waals surface area contributed by atoms with Crippen molar-refractivity contribution < 1.29 is 4.42 Å². The average molecular weight is 364 g/mol. The van der Waals surface area contributed by atoms with Gasteiger partial charge in [0, 0.05) is 35.4 Å². The molecule has 5 heteroatoms. The van der Waals surface area contributed by atoms with Crippen LogP contribution in [-0.4, -0.2) is 11.7 Å². The summed E-state index contributed by atoms with van der Waals surface area (Å²) in [6, 6.07) is 13.7. The Labute approximate surface area is 157 Å². The molecule has 0 aliphatic carbocycles. The van der Waals surface area contributed by atoms with Crippen LogP contribution in [-0.2, 0) is 6.42 Å². The molecule has 3 aromatic rings. The third-order valence-corrected chi connectivity index (χ3v) is 5.12. The Bertz CT molecular complexity index is 1070. The quantitative estimate of drug-likeness (QED) is 0.507. The summed E-state index contributed by atoms with van der Waals surface area (Å²) in [4.78, 5) is 13.8. The molecule has 1 aromatic heterocycles. The maximum atomic E-state index is 11.6. The Morgan fingerprint density at radius 3 is 2.85 bits per heavy atom. The zero-order chi connectivity index (χ0) is 18.3. The maximum Gasteiger partial charge on any atom is 0.336 e. The Kier molecular flexibility index (Phi) is 4.24. The highest BCUT2D eigenvalue weighted by molar-refractivity contribution is 7.80. The summed E-state index contributed by atoms with van der Waals surface area (Å²) < 4.78 is 5.33. The predicted molar refractivity (Wildman–Crippen MR) is 110 cm³/mol. The van der Waals surface area contributed by atoms with Gasteiger partial charge in [0.05, 0.1) is 0 Å². The Morgan fingerprint density at radius 2 is 2.00 bits per heavy atom. The van der Waals surface area contributed by atoms with Crippen molar-refractivity contribution >= 4 is 39.7 Å². The van der Waals surface area contributed by atoms with Gasteiger partial charge in [0.2, 0.25) is 0 Å². The van der Waals surface area contributed by atoms with E-state index in [0.717, 1.165) is 36.0 Å². The largest absolute Gasteiger partial charge is 0.423 e. The summed E-state index contributed by atoms with van der Waals surface area (Å²) >= 11 is 5.66. The van der Waals surface area contributed by atoms with Gasteiger partial charge < -0.3 is 14.6 Å². The first-order valence-corrected chi connectivity index (χ1v) is 9.15. The molecule has 1 aliphatic rings. The number of nitrogens with zero attached hydrogens (tertiary/aromatic N) is 1. The van der Waals surface area contributed by atoms with Crippen molar-refractivity contribution in [2.75, 3.05) is 16.8 Å². The van der Waals surface area contributed by atoms with Gasteiger partial charge in [0.1, 0.15) is 5.58 Å². The lowest BCUT2D eigenvalue weighted by atomic mass is 10.00. The van der Waals surface area contributed by atoms with Gasteiger partial charge in [-0.3, -0.25) is 0 Å². The van der Waals surface area contributed by atoms with Crippen LogP contribution in [0.25, 0.3) is 11.0 Å².